The van der Waals surface area contributed by atoms with Gasteiger partial charge in [-0.3, -0.25) is 0 Å². The lowest BCUT2D eigenvalue weighted by molar-refractivity contribution is 0.670. The SMILES string of the molecule is CCCCc1ccc(N2c3ccc(N(c4ccccc4)c4ccccc4)cc3B3c4c2cc2c(oc5ccccc52)c4-c2cccc4c5cc6ccccc6cc5n3c24)c(-c2ccccc2)c1. The van der Waals surface area contributed by atoms with Gasteiger partial charge >= 0.3 is 6.85 Å². The van der Waals surface area contributed by atoms with Crippen LogP contribution >= 0.6 is 0 Å². The number of furan rings is 1. The van der Waals surface area contributed by atoms with E-state index in [0.717, 1.165) is 69.6 Å². The Kier molecular flexibility index (Phi) is 8.45. The summed E-state index contributed by atoms with van der Waals surface area (Å²) >= 11 is 0. The van der Waals surface area contributed by atoms with Gasteiger partial charge in [-0.1, -0.05) is 147 Å². The van der Waals surface area contributed by atoms with E-state index in [4.69, 9.17) is 4.42 Å². The van der Waals surface area contributed by atoms with Crippen LogP contribution in [-0.2, 0) is 6.42 Å². The Morgan fingerprint density at radius 2 is 1.19 bits per heavy atom. The van der Waals surface area contributed by atoms with Crippen molar-refractivity contribution in [2.45, 2.75) is 26.2 Å². The number of aryl methyl sites for hydroxylation is 1. The Morgan fingerprint density at radius 3 is 1.97 bits per heavy atom. The number of hydrogen-bond acceptors (Lipinski definition) is 3. The Hall–Kier alpha value is -8.28. The third-order valence-corrected chi connectivity index (χ3v) is 14.5. The van der Waals surface area contributed by atoms with Crippen molar-refractivity contribution < 1.29 is 4.42 Å². The number of anilines is 6. The van der Waals surface area contributed by atoms with Crippen molar-refractivity contribution in [2.75, 3.05) is 9.80 Å². The molecule has 12 aromatic rings. The van der Waals surface area contributed by atoms with Gasteiger partial charge in [-0.2, -0.15) is 0 Å². The van der Waals surface area contributed by atoms with E-state index in [1.165, 1.54) is 77.0 Å². The van der Waals surface area contributed by atoms with Crippen molar-refractivity contribution in [3.8, 4) is 22.3 Å². The first-order valence-electron chi connectivity index (χ1n) is 23.7. The first kappa shape index (κ1) is 38.0. The smallest absolute Gasteiger partial charge is 0.333 e. The number of hydrogen-bond donors (Lipinski definition) is 0. The van der Waals surface area contributed by atoms with Crippen LogP contribution in [0.2, 0.25) is 0 Å². The molecule has 14 rings (SSSR count). The lowest BCUT2D eigenvalue weighted by Gasteiger charge is -2.41. The molecular formula is C62H44BN3O. The molecule has 2 aliphatic heterocycles. The topological polar surface area (TPSA) is 24.6 Å². The second kappa shape index (κ2) is 14.9. The van der Waals surface area contributed by atoms with Gasteiger partial charge < -0.3 is 18.7 Å². The van der Waals surface area contributed by atoms with Crippen LogP contribution in [0.25, 0.3) is 76.8 Å². The normalized spacial score (nSPS) is 12.7. The summed E-state index contributed by atoms with van der Waals surface area (Å²) in [5, 5.41) is 7.24. The van der Waals surface area contributed by atoms with Crippen LogP contribution in [0.3, 0.4) is 0 Å². The highest BCUT2D eigenvalue weighted by Gasteiger charge is 2.45. The number of nitrogens with zero attached hydrogens (tertiary/aromatic N) is 3. The number of benzene rings is 10. The maximum absolute atomic E-state index is 7.12. The number of unbranched alkanes of at least 4 members (excludes halogenated alkanes) is 1. The molecule has 0 spiro atoms. The predicted octanol–water partition coefficient (Wildman–Crippen LogP) is 15.7. The molecule has 67 heavy (non-hydrogen) atoms. The van der Waals surface area contributed by atoms with Crippen LogP contribution < -0.4 is 20.7 Å². The minimum absolute atomic E-state index is 0.192. The van der Waals surface area contributed by atoms with E-state index in [1.807, 2.05) is 0 Å². The Balaban J connectivity index is 1.15. The number of fused-ring (bicyclic) bond motifs is 12. The third-order valence-electron chi connectivity index (χ3n) is 14.5. The molecule has 4 heterocycles. The number of rotatable bonds is 8. The highest BCUT2D eigenvalue weighted by Crippen LogP contribution is 2.51. The van der Waals surface area contributed by atoms with Crippen molar-refractivity contribution in [3.05, 3.63) is 218 Å². The predicted molar refractivity (Wildman–Crippen MR) is 283 cm³/mol. The zero-order chi connectivity index (χ0) is 44.2. The van der Waals surface area contributed by atoms with Gasteiger partial charge in [0.15, 0.2) is 0 Å². The summed E-state index contributed by atoms with van der Waals surface area (Å²) in [6, 6.07) is 78.5. The van der Waals surface area contributed by atoms with Crippen LogP contribution in [0.15, 0.2) is 217 Å². The Bertz CT molecular complexity index is 3890. The standard InChI is InChI=1S/C62H44BN3O/c1-2-3-18-40-31-33-54(50(35-40)41-19-7-4-8-20-41)65-55-34-32-46(64(44-23-9-5-10-24-44)45-25-11-6-12-26-45)38-53(55)63-60-57(65)39-52-47-27-15-16-30-58(47)67-62(52)59(60)49-29-17-28-48-51-36-42-21-13-14-22-43(42)37-56(51)66(63)61(48)49/h4-17,19-39H,2-3,18H2,1H3. The second-order valence-corrected chi connectivity index (χ2v) is 18.3. The zero-order valence-corrected chi connectivity index (χ0v) is 37.2. The second-order valence-electron chi connectivity index (χ2n) is 18.3. The van der Waals surface area contributed by atoms with E-state index in [2.05, 4.69) is 234 Å². The minimum atomic E-state index is -0.192. The molecule has 0 saturated heterocycles. The van der Waals surface area contributed by atoms with Crippen molar-refractivity contribution in [1.29, 1.82) is 0 Å². The molecule has 5 heteroatoms. The molecule has 0 atom stereocenters. The molecular weight excluding hydrogens is 814 g/mol. The summed E-state index contributed by atoms with van der Waals surface area (Å²) in [6.07, 6.45) is 3.34. The van der Waals surface area contributed by atoms with Crippen LogP contribution in [0.1, 0.15) is 25.3 Å². The molecule has 0 N–H and O–H groups in total. The highest BCUT2D eigenvalue weighted by atomic mass is 16.3. The number of para-hydroxylation sites is 4. The maximum atomic E-state index is 7.12. The van der Waals surface area contributed by atoms with Gasteiger partial charge in [0.1, 0.15) is 11.2 Å². The van der Waals surface area contributed by atoms with Crippen LogP contribution in [0, 0.1) is 0 Å². The fourth-order valence-corrected chi connectivity index (χ4v) is 11.5. The molecule has 0 amide bonds. The molecule has 0 saturated carbocycles. The summed E-state index contributed by atoms with van der Waals surface area (Å²) in [7, 11) is 0. The molecule has 2 aromatic heterocycles. The largest absolute Gasteiger partial charge is 0.455 e. The molecule has 0 aliphatic carbocycles. The molecule has 0 unspecified atom stereocenters. The molecule has 2 aliphatic rings. The van der Waals surface area contributed by atoms with Crippen molar-refractivity contribution >= 4 is 106 Å². The summed E-state index contributed by atoms with van der Waals surface area (Å²) < 4.78 is 9.80. The third kappa shape index (κ3) is 5.68. The van der Waals surface area contributed by atoms with E-state index in [1.54, 1.807) is 0 Å². The molecule has 0 fully saturated rings. The average molecular weight is 858 g/mol. The first-order chi connectivity index (χ1) is 33.2. The fraction of sp³-hybridized carbons (Fsp3) is 0.0645. The summed E-state index contributed by atoms with van der Waals surface area (Å²) in [6.45, 7) is 2.09. The summed E-state index contributed by atoms with van der Waals surface area (Å²) in [4.78, 5) is 4.98. The van der Waals surface area contributed by atoms with Crippen molar-refractivity contribution in [3.63, 3.8) is 0 Å². The van der Waals surface area contributed by atoms with Gasteiger partial charge in [0, 0.05) is 77.7 Å². The molecule has 4 nitrogen and oxygen atoms in total. The Morgan fingerprint density at radius 1 is 0.507 bits per heavy atom. The van der Waals surface area contributed by atoms with E-state index < -0.39 is 0 Å². The zero-order valence-electron chi connectivity index (χ0n) is 37.2. The van der Waals surface area contributed by atoms with E-state index >= 15 is 0 Å². The first-order valence-corrected chi connectivity index (χ1v) is 23.7. The maximum Gasteiger partial charge on any atom is 0.333 e. The Labute approximate surface area is 389 Å². The molecule has 316 valence electrons. The molecule has 0 bridgehead atoms. The van der Waals surface area contributed by atoms with Gasteiger partial charge in [-0.25, -0.2) is 0 Å². The quantitative estimate of drug-likeness (QED) is 0.142. The lowest BCUT2D eigenvalue weighted by Crippen LogP contribution is -2.56. The van der Waals surface area contributed by atoms with Crippen LogP contribution in [-0.4, -0.2) is 11.3 Å². The van der Waals surface area contributed by atoms with E-state index in [-0.39, 0.29) is 6.85 Å². The van der Waals surface area contributed by atoms with Crippen LogP contribution in [0.4, 0.5) is 34.1 Å². The van der Waals surface area contributed by atoms with Gasteiger partial charge in [0.25, 0.3) is 0 Å². The van der Waals surface area contributed by atoms with E-state index in [9.17, 15) is 0 Å². The van der Waals surface area contributed by atoms with Crippen LogP contribution in [0.5, 0.6) is 0 Å². The summed E-state index contributed by atoms with van der Waals surface area (Å²) in [5.41, 5.74) is 19.7. The monoisotopic (exact) mass is 857 g/mol. The van der Waals surface area contributed by atoms with Gasteiger partial charge in [-0.15, -0.1) is 0 Å². The fourth-order valence-electron chi connectivity index (χ4n) is 11.5. The molecule has 0 radical (unpaired) electrons. The highest BCUT2D eigenvalue weighted by molar-refractivity contribution is 6.90. The number of aromatic nitrogens is 1. The summed E-state index contributed by atoms with van der Waals surface area (Å²) in [5.74, 6) is 0. The van der Waals surface area contributed by atoms with Gasteiger partial charge in [0.2, 0.25) is 0 Å². The van der Waals surface area contributed by atoms with E-state index in [0.29, 0.717) is 0 Å². The average Bonchev–Trinajstić information content (AvgIpc) is 3.92. The lowest BCUT2D eigenvalue weighted by atomic mass is 9.45. The van der Waals surface area contributed by atoms with Gasteiger partial charge in [-0.05, 0) is 125 Å². The molecule has 10 aromatic carbocycles. The van der Waals surface area contributed by atoms with Gasteiger partial charge in [0.05, 0.1) is 5.69 Å². The van der Waals surface area contributed by atoms with Crippen molar-refractivity contribution in [2.24, 2.45) is 0 Å². The minimum Gasteiger partial charge on any atom is -0.455 e. The van der Waals surface area contributed by atoms with Crippen molar-refractivity contribution in [1.82, 2.24) is 4.48 Å².